The Labute approximate surface area is 90.2 Å². The van der Waals surface area contributed by atoms with Crippen molar-refractivity contribution < 1.29 is 19.1 Å². The van der Waals surface area contributed by atoms with Crippen LogP contribution in [0.15, 0.2) is 13.2 Å². The molecule has 15 heavy (non-hydrogen) atoms. The largest absolute Gasteiger partial charge is 0.462 e. The van der Waals surface area contributed by atoms with Gasteiger partial charge >= 0.3 is 11.9 Å². The first-order valence-electron chi connectivity index (χ1n) is 5.03. The molecule has 0 bridgehead atoms. The summed E-state index contributed by atoms with van der Waals surface area (Å²) in [5.41, 5.74) is 0. The van der Waals surface area contributed by atoms with E-state index in [4.69, 9.17) is 9.47 Å². The average molecular weight is 214 g/mol. The fourth-order valence-electron chi connectivity index (χ4n) is 1.14. The van der Waals surface area contributed by atoms with Gasteiger partial charge in [-0.1, -0.05) is 0 Å². The first-order valence-corrected chi connectivity index (χ1v) is 5.03. The average Bonchev–Trinajstić information content (AvgIpc) is 2.24. The lowest BCUT2D eigenvalue weighted by molar-refractivity contribution is -0.159. The Bertz CT molecular complexity index is 213. The van der Waals surface area contributed by atoms with Crippen molar-refractivity contribution in [3.8, 4) is 0 Å². The second-order valence-electron chi connectivity index (χ2n) is 3.19. The molecular weight excluding hydrogens is 196 g/mol. The van der Waals surface area contributed by atoms with E-state index < -0.39 is 0 Å². The highest BCUT2D eigenvalue weighted by Gasteiger charge is 2.14. The molecule has 1 aliphatic heterocycles. The number of esters is 2. The molecule has 0 aromatic carbocycles. The maximum Gasteiger partial charge on any atom is 0.306 e. The van der Waals surface area contributed by atoms with Gasteiger partial charge in [0, 0.05) is 12.8 Å². The second-order valence-corrected chi connectivity index (χ2v) is 3.19. The van der Waals surface area contributed by atoms with Crippen LogP contribution in [0.3, 0.4) is 0 Å². The lowest BCUT2D eigenvalue weighted by Crippen LogP contribution is -2.23. The molecule has 4 heteroatoms. The van der Waals surface area contributed by atoms with Gasteiger partial charge in [0.15, 0.2) is 0 Å². The van der Waals surface area contributed by atoms with Crippen molar-refractivity contribution in [3.63, 3.8) is 0 Å². The summed E-state index contributed by atoms with van der Waals surface area (Å²) in [5, 5.41) is 0. The van der Waals surface area contributed by atoms with Crippen molar-refractivity contribution in [1.29, 1.82) is 0 Å². The van der Waals surface area contributed by atoms with Gasteiger partial charge in [-0.15, -0.1) is 13.2 Å². The molecule has 1 aliphatic rings. The van der Waals surface area contributed by atoms with Gasteiger partial charge in [0.25, 0.3) is 0 Å². The topological polar surface area (TPSA) is 52.6 Å². The Hall–Kier alpha value is -1.32. The fraction of sp³-hybridized carbons (Fsp3) is 0.636. The molecule has 1 atom stereocenters. The molecule has 0 aromatic rings. The van der Waals surface area contributed by atoms with E-state index in [0.717, 1.165) is 0 Å². The first-order chi connectivity index (χ1) is 7.18. The van der Waals surface area contributed by atoms with Crippen LogP contribution >= 0.6 is 0 Å². The highest BCUT2D eigenvalue weighted by molar-refractivity contribution is 5.71. The van der Waals surface area contributed by atoms with Crippen molar-refractivity contribution >= 4 is 11.9 Å². The van der Waals surface area contributed by atoms with Gasteiger partial charge in [-0.2, -0.15) is 0 Å². The number of rotatable bonds is 0. The minimum absolute atomic E-state index is 0.171. The highest BCUT2D eigenvalue weighted by Crippen LogP contribution is 2.07. The molecule has 1 fully saturated rings. The molecule has 4 nitrogen and oxygen atoms in total. The first kappa shape index (κ1) is 13.7. The summed E-state index contributed by atoms with van der Waals surface area (Å²) >= 11 is 0. The Kier molecular flexibility index (Phi) is 7.32. The summed E-state index contributed by atoms with van der Waals surface area (Å²) < 4.78 is 9.82. The standard InChI is InChI=1S/C9H14O4.C2H4/c1-7-6-12-8(10)4-2-3-5-9(11)13-7;1-2/h7H,2-6H2,1H3;1-2H2. The quantitative estimate of drug-likeness (QED) is 0.456. The predicted molar refractivity (Wildman–Crippen MR) is 56.2 cm³/mol. The zero-order valence-electron chi connectivity index (χ0n) is 9.16. The zero-order valence-corrected chi connectivity index (χ0v) is 9.16. The molecule has 0 N–H and O–H groups in total. The smallest absolute Gasteiger partial charge is 0.306 e. The molecular formula is C11H18O4. The van der Waals surface area contributed by atoms with Crippen LogP contribution in [0.2, 0.25) is 0 Å². The lowest BCUT2D eigenvalue weighted by Gasteiger charge is -2.15. The SMILES string of the molecule is C=C.CC1COC(=O)CCCCC(=O)O1. The summed E-state index contributed by atoms with van der Waals surface area (Å²) in [7, 11) is 0. The molecule has 0 radical (unpaired) electrons. The number of carbonyl (C=O) groups excluding carboxylic acids is 2. The van der Waals surface area contributed by atoms with Crippen LogP contribution in [-0.4, -0.2) is 24.6 Å². The zero-order chi connectivity index (χ0) is 11.7. The number of hydrogen-bond acceptors (Lipinski definition) is 4. The molecule has 1 heterocycles. The van der Waals surface area contributed by atoms with Crippen LogP contribution < -0.4 is 0 Å². The van der Waals surface area contributed by atoms with Crippen molar-refractivity contribution in [1.82, 2.24) is 0 Å². The number of carbonyl (C=O) groups is 2. The number of ether oxygens (including phenoxy) is 2. The Morgan fingerprint density at radius 1 is 1.13 bits per heavy atom. The minimum atomic E-state index is -0.324. The van der Waals surface area contributed by atoms with Crippen LogP contribution in [0.4, 0.5) is 0 Å². The monoisotopic (exact) mass is 214 g/mol. The summed E-state index contributed by atoms with van der Waals surface area (Å²) in [4.78, 5) is 22.0. The van der Waals surface area contributed by atoms with E-state index in [1.54, 1.807) is 6.92 Å². The van der Waals surface area contributed by atoms with Gasteiger partial charge in [0.1, 0.15) is 12.7 Å². The van der Waals surface area contributed by atoms with Gasteiger partial charge in [0.2, 0.25) is 0 Å². The van der Waals surface area contributed by atoms with E-state index in [-0.39, 0.29) is 24.6 Å². The summed E-state index contributed by atoms with van der Waals surface area (Å²) in [6.45, 7) is 7.89. The normalized spacial score (nSPS) is 22.9. The third kappa shape index (κ3) is 6.71. The Morgan fingerprint density at radius 2 is 1.67 bits per heavy atom. The van der Waals surface area contributed by atoms with Crippen LogP contribution in [0.1, 0.15) is 32.6 Å². The predicted octanol–water partition coefficient (Wildman–Crippen LogP) is 1.84. The van der Waals surface area contributed by atoms with E-state index in [0.29, 0.717) is 25.7 Å². The third-order valence-electron chi connectivity index (χ3n) is 1.82. The van der Waals surface area contributed by atoms with Crippen LogP contribution in [0, 0.1) is 0 Å². The summed E-state index contributed by atoms with van der Waals surface area (Å²) in [5.74, 6) is -0.407. The van der Waals surface area contributed by atoms with Gasteiger partial charge in [-0.3, -0.25) is 9.59 Å². The van der Waals surface area contributed by atoms with Crippen LogP contribution in [-0.2, 0) is 19.1 Å². The number of cyclic esters (lactones) is 2. The Balaban J connectivity index is 0.000000921. The van der Waals surface area contributed by atoms with Crippen molar-refractivity contribution in [2.75, 3.05) is 6.61 Å². The summed E-state index contributed by atoms with van der Waals surface area (Å²) in [6.07, 6.45) is 1.87. The van der Waals surface area contributed by atoms with Crippen molar-refractivity contribution in [2.45, 2.75) is 38.7 Å². The summed E-state index contributed by atoms with van der Waals surface area (Å²) in [6, 6.07) is 0. The molecule has 86 valence electrons. The molecule has 0 aromatic heterocycles. The molecule has 0 amide bonds. The molecule has 0 spiro atoms. The van der Waals surface area contributed by atoms with E-state index >= 15 is 0 Å². The molecule has 1 rings (SSSR count). The van der Waals surface area contributed by atoms with Gasteiger partial charge in [-0.05, 0) is 19.8 Å². The van der Waals surface area contributed by atoms with Crippen molar-refractivity contribution in [3.05, 3.63) is 13.2 Å². The van der Waals surface area contributed by atoms with E-state index in [9.17, 15) is 9.59 Å². The number of hydrogen-bond donors (Lipinski definition) is 0. The lowest BCUT2D eigenvalue weighted by atomic mass is 10.2. The van der Waals surface area contributed by atoms with E-state index in [2.05, 4.69) is 13.2 Å². The van der Waals surface area contributed by atoms with Gasteiger partial charge < -0.3 is 9.47 Å². The van der Waals surface area contributed by atoms with E-state index in [1.165, 1.54) is 0 Å². The van der Waals surface area contributed by atoms with Crippen molar-refractivity contribution in [2.24, 2.45) is 0 Å². The molecule has 0 aliphatic carbocycles. The molecule has 0 saturated carbocycles. The molecule has 1 unspecified atom stereocenters. The maximum absolute atomic E-state index is 11.0. The molecule has 1 saturated heterocycles. The van der Waals surface area contributed by atoms with Crippen LogP contribution in [0.5, 0.6) is 0 Å². The fourth-order valence-corrected chi connectivity index (χ4v) is 1.14. The highest BCUT2D eigenvalue weighted by atomic mass is 16.6. The van der Waals surface area contributed by atoms with E-state index in [1.807, 2.05) is 0 Å². The van der Waals surface area contributed by atoms with Gasteiger partial charge in [-0.25, -0.2) is 0 Å². The minimum Gasteiger partial charge on any atom is -0.462 e. The third-order valence-corrected chi connectivity index (χ3v) is 1.82. The maximum atomic E-state index is 11.0. The Morgan fingerprint density at radius 3 is 2.27 bits per heavy atom. The van der Waals surface area contributed by atoms with Gasteiger partial charge in [0.05, 0.1) is 0 Å². The second kappa shape index (κ2) is 8.03. The van der Waals surface area contributed by atoms with Crippen LogP contribution in [0.25, 0.3) is 0 Å².